The average molecular weight is 499 g/mol. The highest BCUT2D eigenvalue weighted by Gasteiger charge is 2.33. The van der Waals surface area contributed by atoms with Crippen molar-refractivity contribution in [2.75, 3.05) is 26.9 Å². The molecule has 0 spiro atoms. The summed E-state index contributed by atoms with van der Waals surface area (Å²) in [6.45, 7) is 4.84. The number of carbonyl (C=O) groups excluding carboxylic acids is 1. The van der Waals surface area contributed by atoms with E-state index in [2.05, 4.69) is 4.99 Å². The monoisotopic (exact) mass is 498 g/mol. The number of methoxy groups -OCH3 is 1. The molecule has 4 rings (SSSR count). The molecule has 3 heterocycles. The third-order valence-electron chi connectivity index (χ3n) is 5.25. The van der Waals surface area contributed by atoms with Crippen LogP contribution in [-0.2, 0) is 14.3 Å². The molecule has 1 aromatic carbocycles. The van der Waals surface area contributed by atoms with Crippen LogP contribution in [0.3, 0.4) is 0 Å². The average Bonchev–Trinajstić information content (AvgIpc) is 3.45. The van der Waals surface area contributed by atoms with Gasteiger partial charge < -0.3 is 14.2 Å². The van der Waals surface area contributed by atoms with E-state index in [0.29, 0.717) is 27.2 Å². The van der Waals surface area contributed by atoms with E-state index >= 15 is 0 Å². The lowest BCUT2D eigenvalue weighted by Crippen LogP contribution is -2.40. The van der Waals surface area contributed by atoms with Gasteiger partial charge in [0.1, 0.15) is 12.4 Å². The Labute approximate surface area is 205 Å². The van der Waals surface area contributed by atoms with Gasteiger partial charge in [-0.3, -0.25) is 9.36 Å². The molecule has 0 unspecified atom stereocenters. The molecule has 1 aliphatic rings. The highest BCUT2D eigenvalue weighted by molar-refractivity contribution is 7.11. The molecule has 178 valence electrons. The Kier molecular flexibility index (Phi) is 7.77. The summed E-state index contributed by atoms with van der Waals surface area (Å²) >= 11 is 2.87. The summed E-state index contributed by atoms with van der Waals surface area (Å²) < 4.78 is 18.3. The number of hydrogen-bond donors (Lipinski definition) is 0. The fourth-order valence-corrected chi connectivity index (χ4v) is 5.43. The largest absolute Gasteiger partial charge is 0.494 e. The van der Waals surface area contributed by atoms with Gasteiger partial charge in [-0.05, 0) is 48.6 Å². The van der Waals surface area contributed by atoms with Gasteiger partial charge in [0, 0.05) is 12.0 Å². The van der Waals surface area contributed by atoms with Crippen molar-refractivity contribution >= 4 is 34.7 Å². The minimum Gasteiger partial charge on any atom is -0.494 e. The first-order valence-corrected chi connectivity index (χ1v) is 12.7. The summed E-state index contributed by atoms with van der Waals surface area (Å²) in [5.41, 5.74) is 1.46. The van der Waals surface area contributed by atoms with Gasteiger partial charge in [-0.25, -0.2) is 9.79 Å². The summed E-state index contributed by atoms with van der Waals surface area (Å²) in [6.07, 6.45) is 2.77. The number of allylic oxidation sites excluding steroid dienone is 1. The Bertz CT molecular complexity index is 1350. The van der Waals surface area contributed by atoms with Crippen LogP contribution in [0.4, 0.5) is 0 Å². The molecule has 0 saturated carbocycles. The van der Waals surface area contributed by atoms with Crippen LogP contribution in [0.15, 0.2) is 62.8 Å². The molecule has 0 fully saturated rings. The van der Waals surface area contributed by atoms with Crippen molar-refractivity contribution in [3.63, 3.8) is 0 Å². The van der Waals surface area contributed by atoms with Crippen molar-refractivity contribution in [2.24, 2.45) is 4.99 Å². The number of carbonyl (C=O) groups is 1. The van der Waals surface area contributed by atoms with Crippen molar-refractivity contribution in [3.05, 3.63) is 83.2 Å². The molecule has 3 aromatic rings. The van der Waals surface area contributed by atoms with Gasteiger partial charge in [0.15, 0.2) is 4.80 Å². The first kappa shape index (κ1) is 24.1. The Hall–Kier alpha value is -3.01. The Balaban J connectivity index is 1.83. The van der Waals surface area contributed by atoms with Gasteiger partial charge >= 0.3 is 5.97 Å². The van der Waals surface area contributed by atoms with Crippen LogP contribution in [0, 0.1) is 0 Å². The van der Waals surface area contributed by atoms with E-state index in [1.165, 1.54) is 11.3 Å². The van der Waals surface area contributed by atoms with Crippen molar-refractivity contribution in [1.82, 2.24) is 4.57 Å². The lowest BCUT2D eigenvalue weighted by Gasteiger charge is -2.25. The number of aromatic nitrogens is 1. The topological polar surface area (TPSA) is 79.1 Å². The number of hydrogen-bond acceptors (Lipinski definition) is 8. The molecular formula is C25H26N2O5S2. The van der Waals surface area contributed by atoms with Gasteiger partial charge in [0.2, 0.25) is 0 Å². The van der Waals surface area contributed by atoms with Crippen LogP contribution < -0.4 is 19.6 Å². The molecule has 9 heteroatoms. The van der Waals surface area contributed by atoms with E-state index in [1.807, 2.05) is 54.8 Å². The molecule has 0 bridgehead atoms. The minimum atomic E-state index is -0.656. The van der Waals surface area contributed by atoms with Crippen LogP contribution in [0.5, 0.6) is 5.75 Å². The fraction of sp³-hybridized carbons (Fsp3) is 0.320. The van der Waals surface area contributed by atoms with Crippen LogP contribution >= 0.6 is 22.7 Å². The molecular weight excluding hydrogens is 472 g/mol. The number of thiophene rings is 1. The van der Waals surface area contributed by atoms with Crippen LogP contribution in [-0.4, -0.2) is 37.5 Å². The molecule has 0 radical (unpaired) electrons. The van der Waals surface area contributed by atoms with E-state index in [9.17, 15) is 9.59 Å². The normalized spacial score (nSPS) is 15.7. The van der Waals surface area contributed by atoms with Crippen molar-refractivity contribution in [1.29, 1.82) is 0 Å². The first-order valence-electron chi connectivity index (χ1n) is 11.0. The molecule has 0 N–H and O–H groups in total. The molecule has 34 heavy (non-hydrogen) atoms. The van der Waals surface area contributed by atoms with Crippen LogP contribution in [0.25, 0.3) is 6.08 Å². The predicted molar refractivity (Wildman–Crippen MR) is 133 cm³/mol. The third kappa shape index (κ3) is 5.06. The summed E-state index contributed by atoms with van der Waals surface area (Å²) in [4.78, 5) is 32.8. The van der Waals surface area contributed by atoms with Crippen LogP contribution in [0.2, 0.25) is 0 Å². The zero-order valence-electron chi connectivity index (χ0n) is 19.3. The van der Waals surface area contributed by atoms with Gasteiger partial charge in [-0.1, -0.05) is 36.5 Å². The standard InChI is InChI=1S/C25H26N2O5S2/c1-4-11-31-18-9-7-17(8-10-18)22-21(24(29)32-13-12-30-3)16(2)26-25-27(22)23(28)20(34-25)15-19-6-5-14-33-19/h5-10,14-15,22H,4,11-13H2,1-3H3/b20-15+/t22-/m1/s1. The second-order valence-electron chi connectivity index (χ2n) is 7.64. The minimum absolute atomic E-state index is 0.116. The number of ether oxygens (including phenoxy) is 3. The van der Waals surface area contributed by atoms with Crippen molar-refractivity contribution in [3.8, 4) is 5.75 Å². The smallest absolute Gasteiger partial charge is 0.338 e. The molecule has 1 aliphatic heterocycles. The second kappa shape index (κ2) is 10.9. The molecule has 0 saturated heterocycles. The summed E-state index contributed by atoms with van der Waals surface area (Å²) in [5.74, 6) is 0.225. The SMILES string of the molecule is CCCOc1ccc([C@@H]2C(C(=O)OCCOC)=C(C)N=c3s/c(=C/c4cccs4)c(=O)n32)cc1. The maximum atomic E-state index is 13.5. The van der Waals surface area contributed by atoms with E-state index < -0.39 is 12.0 Å². The highest BCUT2D eigenvalue weighted by atomic mass is 32.1. The molecule has 7 nitrogen and oxygen atoms in total. The summed E-state index contributed by atoms with van der Waals surface area (Å²) in [6, 6.07) is 10.7. The zero-order chi connectivity index (χ0) is 24.1. The van der Waals surface area contributed by atoms with Crippen molar-refractivity contribution < 1.29 is 19.0 Å². The van der Waals surface area contributed by atoms with Gasteiger partial charge in [0.25, 0.3) is 5.56 Å². The highest BCUT2D eigenvalue weighted by Crippen LogP contribution is 2.31. The van der Waals surface area contributed by atoms with E-state index in [4.69, 9.17) is 14.2 Å². The van der Waals surface area contributed by atoms with Crippen LogP contribution in [0.1, 0.15) is 36.8 Å². The molecule has 0 amide bonds. The molecule has 0 aliphatic carbocycles. The quantitative estimate of drug-likeness (QED) is 0.334. The maximum Gasteiger partial charge on any atom is 0.338 e. The Morgan fingerprint density at radius 3 is 2.65 bits per heavy atom. The lowest BCUT2D eigenvalue weighted by atomic mass is 9.96. The van der Waals surface area contributed by atoms with Crippen molar-refractivity contribution in [2.45, 2.75) is 26.3 Å². The predicted octanol–water partition coefficient (Wildman–Crippen LogP) is 3.28. The van der Waals surface area contributed by atoms with E-state index in [-0.39, 0.29) is 18.8 Å². The van der Waals surface area contributed by atoms with Gasteiger partial charge in [0.05, 0.1) is 35.1 Å². The second-order valence-corrected chi connectivity index (χ2v) is 9.63. The summed E-state index contributed by atoms with van der Waals surface area (Å²) in [5, 5.41) is 1.96. The first-order chi connectivity index (χ1) is 16.5. The maximum absolute atomic E-state index is 13.5. The lowest BCUT2D eigenvalue weighted by molar-refractivity contribution is -0.140. The van der Waals surface area contributed by atoms with E-state index in [1.54, 1.807) is 29.9 Å². The Morgan fingerprint density at radius 1 is 1.18 bits per heavy atom. The van der Waals surface area contributed by atoms with Gasteiger partial charge in [-0.2, -0.15) is 0 Å². The molecule has 1 atom stereocenters. The van der Waals surface area contributed by atoms with Gasteiger partial charge in [-0.15, -0.1) is 11.3 Å². The van der Waals surface area contributed by atoms with E-state index in [0.717, 1.165) is 22.6 Å². The summed E-state index contributed by atoms with van der Waals surface area (Å²) in [7, 11) is 1.54. The molecule has 2 aromatic heterocycles. The zero-order valence-corrected chi connectivity index (χ0v) is 20.9. The number of rotatable bonds is 9. The number of esters is 1. The number of benzene rings is 1. The third-order valence-corrected chi connectivity index (χ3v) is 7.05. The Morgan fingerprint density at radius 2 is 1.97 bits per heavy atom. The number of thiazole rings is 1. The fourth-order valence-electron chi connectivity index (χ4n) is 3.66. The number of fused-ring (bicyclic) bond motifs is 1. The number of nitrogens with zero attached hydrogens (tertiary/aromatic N) is 2.